The normalized spacial score (nSPS) is 11.9. The summed E-state index contributed by atoms with van der Waals surface area (Å²) in [5.74, 6) is -0.911. The molecular formula is C16H17FN2O. The van der Waals surface area contributed by atoms with Gasteiger partial charge in [-0.05, 0) is 43.2 Å². The van der Waals surface area contributed by atoms with Crippen LogP contribution in [-0.2, 0) is 0 Å². The van der Waals surface area contributed by atoms with Crippen molar-refractivity contribution < 1.29 is 9.18 Å². The maximum atomic E-state index is 13.9. The van der Waals surface area contributed by atoms with Gasteiger partial charge in [-0.2, -0.15) is 0 Å². The lowest BCUT2D eigenvalue weighted by molar-refractivity contribution is 0.0935. The molecule has 0 aliphatic rings. The van der Waals surface area contributed by atoms with Gasteiger partial charge < -0.3 is 11.1 Å². The first-order valence-corrected chi connectivity index (χ1v) is 6.40. The summed E-state index contributed by atoms with van der Waals surface area (Å²) in [6, 6.07) is 11.8. The Morgan fingerprint density at radius 3 is 2.65 bits per heavy atom. The first-order valence-electron chi connectivity index (χ1n) is 6.40. The standard InChI is InChI=1S/C16H17FN2O/c1-10-5-3-8-14(15(10)17)16(20)19-11(2)12-6-4-7-13(18)9-12/h3-9,11H,18H2,1-2H3,(H,19,20). The first-order chi connectivity index (χ1) is 9.49. The number of halogens is 1. The zero-order valence-electron chi connectivity index (χ0n) is 11.5. The number of anilines is 1. The third kappa shape index (κ3) is 2.96. The van der Waals surface area contributed by atoms with Crippen molar-refractivity contribution in [1.29, 1.82) is 0 Å². The molecule has 0 radical (unpaired) electrons. The van der Waals surface area contributed by atoms with E-state index in [0.717, 1.165) is 5.56 Å². The lowest BCUT2D eigenvalue weighted by Gasteiger charge is -2.15. The lowest BCUT2D eigenvalue weighted by atomic mass is 10.1. The molecule has 3 nitrogen and oxygen atoms in total. The first kappa shape index (κ1) is 14.1. The SMILES string of the molecule is Cc1cccc(C(=O)NC(C)c2cccc(N)c2)c1F. The second kappa shape index (κ2) is 5.74. The average molecular weight is 272 g/mol. The summed E-state index contributed by atoms with van der Waals surface area (Å²) in [4.78, 5) is 12.1. The largest absolute Gasteiger partial charge is 0.399 e. The van der Waals surface area contributed by atoms with E-state index in [1.807, 2.05) is 19.1 Å². The van der Waals surface area contributed by atoms with Gasteiger partial charge in [-0.3, -0.25) is 4.79 Å². The average Bonchev–Trinajstić information content (AvgIpc) is 2.41. The Kier molecular flexibility index (Phi) is 4.03. The van der Waals surface area contributed by atoms with E-state index in [9.17, 15) is 9.18 Å². The molecule has 0 saturated heterocycles. The van der Waals surface area contributed by atoms with E-state index in [0.29, 0.717) is 11.3 Å². The molecule has 20 heavy (non-hydrogen) atoms. The van der Waals surface area contributed by atoms with Crippen molar-refractivity contribution in [2.75, 3.05) is 5.73 Å². The highest BCUT2D eigenvalue weighted by molar-refractivity contribution is 5.94. The highest BCUT2D eigenvalue weighted by Gasteiger charge is 2.16. The number of hydrogen-bond donors (Lipinski definition) is 2. The molecule has 0 aliphatic carbocycles. The summed E-state index contributed by atoms with van der Waals surface area (Å²) in [5, 5.41) is 2.77. The summed E-state index contributed by atoms with van der Waals surface area (Å²) in [6.07, 6.45) is 0. The number of nitrogens with one attached hydrogen (secondary N) is 1. The minimum absolute atomic E-state index is 0.0563. The van der Waals surface area contributed by atoms with Crippen LogP contribution in [0.4, 0.5) is 10.1 Å². The van der Waals surface area contributed by atoms with Gasteiger partial charge in [0.1, 0.15) is 5.82 Å². The van der Waals surface area contributed by atoms with Gasteiger partial charge >= 0.3 is 0 Å². The molecule has 0 heterocycles. The zero-order valence-corrected chi connectivity index (χ0v) is 11.5. The van der Waals surface area contributed by atoms with Gasteiger partial charge in [0.15, 0.2) is 0 Å². The summed E-state index contributed by atoms with van der Waals surface area (Å²) >= 11 is 0. The van der Waals surface area contributed by atoms with E-state index >= 15 is 0 Å². The number of nitrogens with two attached hydrogens (primary N) is 1. The predicted octanol–water partition coefficient (Wildman–Crippen LogP) is 3.21. The molecule has 0 aromatic heterocycles. The molecule has 1 atom stereocenters. The third-order valence-corrected chi connectivity index (χ3v) is 3.19. The summed E-state index contributed by atoms with van der Waals surface area (Å²) < 4.78 is 13.9. The minimum Gasteiger partial charge on any atom is -0.399 e. The van der Waals surface area contributed by atoms with Crippen LogP contribution in [0.5, 0.6) is 0 Å². The third-order valence-electron chi connectivity index (χ3n) is 3.19. The van der Waals surface area contributed by atoms with E-state index < -0.39 is 11.7 Å². The molecule has 2 rings (SSSR count). The summed E-state index contributed by atoms with van der Waals surface area (Å²) in [6.45, 7) is 3.47. The lowest BCUT2D eigenvalue weighted by Crippen LogP contribution is -2.27. The number of nitrogen functional groups attached to an aromatic ring is 1. The van der Waals surface area contributed by atoms with Crippen molar-refractivity contribution in [1.82, 2.24) is 5.32 Å². The quantitative estimate of drug-likeness (QED) is 0.843. The Morgan fingerprint density at radius 2 is 1.95 bits per heavy atom. The Hall–Kier alpha value is -2.36. The maximum Gasteiger partial charge on any atom is 0.254 e. The van der Waals surface area contributed by atoms with Gasteiger partial charge in [0.05, 0.1) is 11.6 Å². The van der Waals surface area contributed by atoms with Crippen LogP contribution in [0.2, 0.25) is 0 Å². The van der Waals surface area contributed by atoms with Crippen LogP contribution < -0.4 is 11.1 Å². The topological polar surface area (TPSA) is 55.1 Å². The Balaban J connectivity index is 2.17. The number of rotatable bonds is 3. The smallest absolute Gasteiger partial charge is 0.254 e. The molecule has 0 saturated carbocycles. The van der Waals surface area contributed by atoms with E-state index in [2.05, 4.69) is 5.32 Å². The predicted molar refractivity (Wildman–Crippen MR) is 77.9 cm³/mol. The fourth-order valence-electron chi connectivity index (χ4n) is 2.01. The van der Waals surface area contributed by atoms with Gasteiger partial charge in [-0.25, -0.2) is 4.39 Å². The van der Waals surface area contributed by atoms with Gasteiger partial charge in [-0.1, -0.05) is 24.3 Å². The molecule has 3 N–H and O–H groups in total. The molecule has 0 spiro atoms. The van der Waals surface area contributed by atoms with E-state index in [1.165, 1.54) is 6.07 Å². The van der Waals surface area contributed by atoms with Crippen molar-refractivity contribution in [2.45, 2.75) is 19.9 Å². The van der Waals surface area contributed by atoms with Gasteiger partial charge in [0, 0.05) is 5.69 Å². The molecule has 1 unspecified atom stereocenters. The molecule has 2 aromatic carbocycles. The highest BCUT2D eigenvalue weighted by atomic mass is 19.1. The molecule has 0 aliphatic heterocycles. The van der Waals surface area contributed by atoms with Crippen molar-refractivity contribution in [2.24, 2.45) is 0 Å². The minimum atomic E-state index is -0.482. The van der Waals surface area contributed by atoms with Crippen LogP contribution in [0.3, 0.4) is 0 Å². The fourth-order valence-corrected chi connectivity index (χ4v) is 2.01. The Bertz CT molecular complexity index is 640. The van der Waals surface area contributed by atoms with Crippen molar-refractivity contribution in [3.8, 4) is 0 Å². The zero-order chi connectivity index (χ0) is 14.7. The number of aryl methyl sites for hydroxylation is 1. The second-order valence-electron chi connectivity index (χ2n) is 4.80. The van der Waals surface area contributed by atoms with Crippen LogP contribution >= 0.6 is 0 Å². The van der Waals surface area contributed by atoms with Crippen LogP contribution in [0.25, 0.3) is 0 Å². The molecule has 104 valence electrons. The van der Waals surface area contributed by atoms with Crippen molar-refractivity contribution >= 4 is 11.6 Å². The van der Waals surface area contributed by atoms with Crippen LogP contribution in [0.1, 0.15) is 34.5 Å². The Labute approximate surface area is 117 Å². The number of hydrogen-bond acceptors (Lipinski definition) is 2. The van der Waals surface area contributed by atoms with Crippen molar-refractivity contribution in [3.05, 3.63) is 65.0 Å². The van der Waals surface area contributed by atoms with E-state index in [-0.39, 0.29) is 11.6 Å². The van der Waals surface area contributed by atoms with Gasteiger partial charge in [0.25, 0.3) is 5.91 Å². The highest BCUT2D eigenvalue weighted by Crippen LogP contribution is 2.17. The molecule has 4 heteroatoms. The number of carbonyl (C=O) groups excluding carboxylic acids is 1. The van der Waals surface area contributed by atoms with Crippen LogP contribution in [-0.4, -0.2) is 5.91 Å². The van der Waals surface area contributed by atoms with Crippen molar-refractivity contribution in [3.63, 3.8) is 0 Å². The second-order valence-corrected chi connectivity index (χ2v) is 4.80. The summed E-state index contributed by atoms with van der Waals surface area (Å²) in [5.41, 5.74) is 7.73. The number of carbonyl (C=O) groups is 1. The molecule has 0 fully saturated rings. The van der Waals surface area contributed by atoms with E-state index in [1.54, 1.807) is 31.2 Å². The van der Waals surface area contributed by atoms with E-state index in [4.69, 9.17) is 5.73 Å². The molecular weight excluding hydrogens is 255 g/mol. The van der Waals surface area contributed by atoms with Gasteiger partial charge in [0.2, 0.25) is 0 Å². The summed E-state index contributed by atoms with van der Waals surface area (Å²) in [7, 11) is 0. The molecule has 1 amide bonds. The number of amides is 1. The van der Waals surface area contributed by atoms with Crippen LogP contribution in [0, 0.1) is 12.7 Å². The monoisotopic (exact) mass is 272 g/mol. The Morgan fingerprint density at radius 1 is 1.25 bits per heavy atom. The van der Waals surface area contributed by atoms with Gasteiger partial charge in [-0.15, -0.1) is 0 Å². The molecule has 2 aromatic rings. The number of benzene rings is 2. The maximum absolute atomic E-state index is 13.9. The fraction of sp³-hybridized carbons (Fsp3) is 0.188. The molecule has 0 bridgehead atoms. The van der Waals surface area contributed by atoms with Crippen LogP contribution in [0.15, 0.2) is 42.5 Å².